The Bertz CT molecular complexity index is 934. The van der Waals surface area contributed by atoms with Crippen LogP contribution in [0.3, 0.4) is 0 Å². The third kappa shape index (κ3) is 4.39. The molecule has 8 heteroatoms. The second-order valence-corrected chi connectivity index (χ2v) is 9.11. The van der Waals surface area contributed by atoms with Crippen molar-refractivity contribution in [3.63, 3.8) is 0 Å². The average molecular weight is 455 g/mol. The summed E-state index contributed by atoms with van der Waals surface area (Å²) < 4.78 is 42.0. The number of amides is 1. The number of rotatable bonds is 5. The SMILES string of the molecule is C[C@H](NS(=O)(=O)c1ccccc1F)C(=O)N1CCCC1c1ccc(Br)cc1. The summed E-state index contributed by atoms with van der Waals surface area (Å²) in [6, 6.07) is 11.8. The molecule has 1 saturated heterocycles. The van der Waals surface area contributed by atoms with E-state index in [1.54, 1.807) is 4.90 Å². The summed E-state index contributed by atoms with van der Waals surface area (Å²) in [4.78, 5) is 14.1. The molecule has 1 N–H and O–H groups in total. The lowest BCUT2D eigenvalue weighted by Crippen LogP contribution is -2.46. The molecule has 3 rings (SSSR count). The van der Waals surface area contributed by atoms with Crippen LogP contribution in [0.2, 0.25) is 0 Å². The molecule has 0 aliphatic carbocycles. The lowest BCUT2D eigenvalue weighted by molar-refractivity contribution is -0.133. The van der Waals surface area contributed by atoms with Gasteiger partial charge in [-0.15, -0.1) is 0 Å². The Kier molecular flexibility index (Phi) is 5.98. The van der Waals surface area contributed by atoms with Gasteiger partial charge in [-0.3, -0.25) is 4.79 Å². The maximum atomic E-state index is 13.8. The second kappa shape index (κ2) is 8.08. The van der Waals surface area contributed by atoms with E-state index in [0.717, 1.165) is 28.9 Å². The molecular weight excluding hydrogens is 435 g/mol. The van der Waals surface area contributed by atoms with Crippen LogP contribution in [0.1, 0.15) is 31.4 Å². The highest BCUT2D eigenvalue weighted by Crippen LogP contribution is 2.33. The molecule has 1 heterocycles. The molecule has 1 aliphatic heterocycles. The Balaban J connectivity index is 1.76. The summed E-state index contributed by atoms with van der Waals surface area (Å²) in [5, 5.41) is 0. The van der Waals surface area contributed by atoms with Crippen LogP contribution in [0.5, 0.6) is 0 Å². The highest BCUT2D eigenvalue weighted by Gasteiger charge is 2.34. The van der Waals surface area contributed by atoms with E-state index in [9.17, 15) is 17.6 Å². The van der Waals surface area contributed by atoms with Crippen LogP contribution >= 0.6 is 15.9 Å². The Hall–Kier alpha value is -1.77. The van der Waals surface area contributed by atoms with Crippen molar-refractivity contribution in [3.8, 4) is 0 Å². The zero-order valence-corrected chi connectivity index (χ0v) is 17.1. The minimum absolute atomic E-state index is 0.0917. The lowest BCUT2D eigenvalue weighted by Gasteiger charge is -2.28. The minimum Gasteiger partial charge on any atom is -0.334 e. The molecule has 1 fully saturated rings. The van der Waals surface area contributed by atoms with Crippen molar-refractivity contribution in [2.45, 2.75) is 36.7 Å². The van der Waals surface area contributed by atoms with Gasteiger partial charge in [0.05, 0.1) is 12.1 Å². The zero-order chi connectivity index (χ0) is 19.6. The number of halogens is 2. The largest absolute Gasteiger partial charge is 0.334 e. The van der Waals surface area contributed by atoms with Gasteiger partial charge in [-0.2, -0.15) is 4.72 Å². The molecule has 144 valence electrons. The number of benzene rings is 2. The molecule has 1 unspecified atom stereocenters. The molecule has 27 heavy (non-hydrogen) atoms. The van der Waals surface area contributed by atoms with E-state index in [2.05, 4.69) is 20.7 Å². The number of carbonyl (C=O) groups is 1. The van der Waals surface area contributed by atoms with Crippen molar-refractivity contribution in [1.82, 2.24) is 9.62 Å². The first-order valence-electron chi connectivity index (χ1n) is 8.62. The molecule has 5 nitrogen and oxygen atoms in total. The first-order chi connectivity index (χ1) is 12.8. The van der Waals surface area contributed by atoms with E-state index in [1.807, 2.05) is 24.3 Å². The molecule has 2 aromatic carbocycles. The van der Waals surface area contributed by atoms with Gasteiger partial charge in [0, 0.05) is 11.0 Å². The van der Waals surface area contributed by atoms with E-state index >= 15 is 0 Å². The van der Waals surface area contributed by atoms with Gasteiger partial charge in [-0.25, -0.2) is 12.8 Å². The van der Waals surface area contributed by atoms with Crippen LogP contribution < -0.4 is 4.72 Å². The molecule has 0 bridgehead atoms. The summed E-state index contributed by atoms with van der Waals surface area (Å²) in [5.74, 6) is -1.17. The van der Waals surface area contributed by atoms with Gasteiger partial charge < -0.3 is 4.90 Å². The number of nitrogens with zero attached hydrogens (tertiary/aromatic N) is 1. The third-order valence-electron chi connectivity index (χ3n) is 4.62. The van der Waals surface area contributed by atoms with Crippen LogP contribution in [0, 0.1) is 5.82 Å². The molecule has 2 aromatic rings. The molecular formula is C19H20BrFN2O3S. The number of hydrogen-bond acceptors (Lipinski definition) is 3. The third-order valence-corrected chi connectivity index (χ3v) is 6.72. The van der Waals surface area contributed by atoms with E-state index in [4.69, 9.17) is 0 Å². The molecule has 0 radical (unpaired) electrons. The average Bonchev–Trinajstić information content (AvgIpc) is 3.11. The smallest absolute Gasteiger partial charge is 0.244 e. The van der Waals surface area contributed by atoms with Gasteiger partial charge in [-0.05, 0) is 49.6 Å². The van der Waals surface area contributed by atoms with Crippen LogP contribution in [-0.4, -0.2) is 31.8 Å². The second-order valence-electron chi connectivity index (χ2n) is 6.51. The van der Waals surface area contributed by atoms with Crippen molar-refractivity contribution in [3.05, 3.63) is 64.4 Å². The van der Waals surface area contributed by atoms with Gasteiger partial charge in [0.25, 0.3) is 0 Å². The fourth-order valence-electron chi connectivity index (χ4n) is 3.32. The molecule has 1 aliphatic rings. The van der Waals surface area contributed by atoms with Gasteiger partial charge in [0.1, 0.15) is 10.7 Å². The number of nitrogens with one attached hydrogen (secondary N) is 1. The van der Waals surface area contributed by atoms with Crippen LogP contribution in [0.25, 0.3) is 0 Å². The fourth-order valence-corrected chi connectivity index (χ4v) is 4.86. The minimum atomic E-state index is -4.13. The lowest BCUT2D eigenvalue weighted by atomic mass is 10.0. The maximum Gasteiger partial charge on any atom is 0.244 e. The molecule has 0 aromatic heterocycles. The van der Waals surface area contributed by atoms with Gasteiger partial charge >= 0.3 is 0 Å². The highest BCUT2D eigenvalue weighted by molar-refractivity contribution is 9.10. The monoisotopic (exact) mass is 454 g/mol. The normalized spacial score (nSPS) is 18.5. The van der Waals surface area contributed by atoms with Crippen molar-refractivity contribution in [2.75, 3.05) is 6.54 Å². The topological polar surface area (TPSA) is 66.5 Å². The van der Waals surface area contributed by atoms with Crippen molar-refractivity contribution < 1.29 is 17.6 Å². The fraction of sp³-hybridized carbons (Fsp3) is 0.316. The van der Waals surface area contributed by atoms with Crippen LogP contribution in [0.4, 0.5) is 4.39 Å². The Morgan fingerprint density at radius 2 is 1.89 bits per heavy atom. The van der Waals surface area contributed by atoms with Gasteiger partial charge in [0.15, 0.2) is 0 Å². The van der Waals surface area contributed by atoms with Gasteiger partial charge in [-0.1, -0.05) is 40.2 Å². The standard InChI is InChI=1S/C19H20BrFN2O3S/c1-13(22-27(25,26)18-7-3-2-5-16(18)21)19(24)23-12-4-6-17(23)14-8-10-15(20)11-9-14/h2-3,5,7-11,13,17,22H,4,6,12H2,1H3/t13-,17?/m0/s1. The summed E-state index contributed by atoms with van der Waals surface area (Å²) in [7, 11) is -4.13. The Morgan fingerprint density at radius 3 is 2.56 bits per heavy atom. The van der Waals surface area contributed by atoms with Gasteiger partial charge in [0.2, 0.25) is 15.9 Å². The van der Waals surface area contributed by atoms with E-state index in [0.29, 0.717) is 6.54 Å². The van der Waals surface area contributed by atoms with Crippen molar-refractivity contribution in [2.24, 2.45) is 0 Å². The number of likely N-dealkylation sites (tertiary alicyclic amines) is 1. The van der Waals surface area contributed by atoms with Crippen LogP contribution in [-0.2, 0) is 14.8 Å². The van der Waals surface area contributed by atoms with E-state index in [-0.39, 0.29) is 11.9 Å². The summed E-state index contributed by atoms with van der Waals surface area (Å²) in [5.41, 5.74) is 1.01. The van der Waals surface area contributed by atoms with Crippen LogP contribution in [0.15, 0.2) is 57.9 Å². The van der Waals surface area contributed by atoms with E-state index in [1.165, 1.54) is 25.1 Å². The first-order valence-corrected chi connectivity index (χ1v) is 10.9. The quantitative estimate of drug-likeness (QED) is 0.749. The van der Waals surface area contributed by atoms with Crippen molar-refractivity contribution >= 4 is 31.9 Å². The number of hydrogen-bond donors (Lipinski definition) is 1. The Morgan fingerprint density at radius 1 is 1.22 bits per heavy atom. The Labute approximate surface area is 166 Å². The predicted molar refractivity (Wildman–Crippen MR) is 104 cm³/mol. The summed E-state index contributed by atoms with van der Waals surface area (Å²) in [6.45, 7) is 2.04. The predicted octanol–water partition coefficient (Wildman–Crippen LogP) is 3.62. The first kappa shape index (κ1) is 20.0. The number of carbonyl (C=O) groups excluding carboxylic acids is 1. The summed E-state index contributed by atoms with van der Waals surface area (Å²) >= 11 is 3.39. The molecule has 1 amide bonds. The maximum absolute atomic E-state index is 13.8. The highest BCUT2D eigenvalue weighted by atomic mass is 79.9. The summed E-state index contributed by atoms with van der Waals surface area (Å²) in [6.07, 6.45) is 1.67. The molecule has 2 atom stereocenters. The molecule has 0 spiro atoms. The van der Waals surface area contributed by atoms with Crippen molar-refractivity contribution in [1.29, 1.82) is 0 Å². The number of sulfonamides is 1. The molecule has 0 saturated carbocycles. The zero-order valence-electron chi connectivity index (χ0n) is 14.7. The van der Waals surface area contributed by atoms with E-state index < -0.39 is 26.8 Å².